The van der Waals surface area contributed by atoms with E-state index < -0.39 is 0 Å². The summed E-state index contributed by atoms with van der Waals surface area (Å²) in [5.74, 6) is 1.14. The van der Waals surface area contributed by atoms with Gasteiger partial charge in [0.15, 0.2) is 16.5 Å². The molecule has 9 heteroatoms. The Balaban J connectivity index is 1.83. The second-order valence-corrected chi connectivity index (χ2v) is 7.07. The van der Waals surface area contributed by atoms with Crippen molar-refractivity contribution in [2.75, 3.05) is 26.6 Å². The van der Waals surface area contributed by atoms with Gasteiger partial charge in [-0.3, -0.25) is 4.79 Å². The fourth-order valence-electron chi connectivity index (χ4n) is 2.51. The first-order chi connectivity index (χ1) is 14.0. The molecule has 3 rings (SSSR count). The van der Waals surface area contributed by atoms with Crippen molar-refractivity contribution in [2.45, 2.75) is 0 Å². The van der Waals surface area contributed by atoms with E-state index in [2.05, 4.69) is 15.5 Å². The van der Waals surface area contributed by atoms with Crippen molar-refractivity contribution in [3.8, 4) is 17.2 Å². The van der Waals surface area contributed by atoms with Crippen LogP contribution in [-0.4, -0.2) is 37.4 Å². The number of rotatable bonds is 7. The minimum atomic E-state index is -0.350. The van der Waals surface area contributed by atoms with Crippen LogP contribution in [0.3, 0.4) is 0 Å². The van der Waals surface area contributed by atoms with Crippen molar-refractivity contribution in [3.63, 3.8) is 0 Å². The second-order valence-electron chi connectivity index (χ2n) is 5.68. The number of carbonyl (C=O) groups excluding carboxylic acids is 1. The number of hydrogen-bond donors (Lipinski definition) is 1. The molecule has 0 unspecified atom stereocenters. The van der Waals surface area contributed by atoms with Crippen molar-refractivity contribution in [1.29, 1.82) is 0 Å². The Bertz CT molecular complexity index is 1010. The van der Waals surface area contributed by atoms with E-state index >= 15 is 0 Å². The minimum absolute atomic E-state index is 0.209. The molecule has 0 aliphatic heterocycles. The van der Waals surface area contributed by atoms with Gasteiger partial charge < -0.3 is 19.5 Å². The van der Waals surface area contributed by atoms with Crippen molar-refractivity contribution in [3.05, 3.63) is 58.0 Å². The highest BCUT2D eigenvalue weighted by Gasteiger charge is 2.16. The number of benzene rings is 2. The number of anilines is 1. The summed E-state index contributed by atoms with van der Waals surface area (Å²) in [7, 11) is 4.61. The maximum atomic E-state index is 12.3. The van der Waals surface area contributed by atoms with Crippen LogP contribution in [0.4, 0.5) is 5.69 Å². The predicted octanol–water partition coefficient (Wildman–Crippen LogP) is 4.55. The average Bonchev–Trinajstić information content (AvgIpc) is 3.24. The van der Waals surface area contributed by atoms with Gasteiger partial charge in [0.25, 0.3) is 5.91 Å². The predicted molar refractivity (Wildman–Crippen MR) is 114 cm³/mol. The van der Waals surface area contributed by atoms with Gasteiger partial charge in [-0.25, -0.2) is 0 Å². The summed E-state index contributed by atoms with van der Waals surface area (Å²) in [5.41, 5.74) is 1.39. The van der Waals surface area contributed by atoms with Crippen molar-refractivity contribution in [2.24, 2.45) is 0 Å². The van der Waals surface area contributed by atoms with Crippen LogP contribution in [0.2, 0.25) is 0 Å². The van der Waals surface area contributed by atoms with Gasteiger partial charge in [0.05, 0.1) is 26.4 Å². The average molecular weight is 432 g/mol. The SMILES string of the molecule is COc1cc(/C=C(\Cl)c2nnc(C(=O)Nc3ccccc3)s2)cc(OC)c1OC. The van der Waals surface area contributed by atoms with Gasteiger partial charge >= 0.3 is 0 Å². The first kappa shape index (κ1) is 20.6. The zero-order chi connectivity index (χ0) is 20.8. The lowest BCUT2D eigenvalue weighted by Gasteiger charge is -2.12. The van der Waals surface area contributed by atoms with E-state index in [1.165, 1.54) is 21.3 Å². The number of nitrogens with one attached hydrogen (secondary N) is 1. The highest BCUT2D eigenvalue weighted by atomic mass is 35.5. The Kier molecular flexibility index (Phi) is 6.69. The normalized spacial score (nSPS) is 11.1. The zero-order valence-electron chi connectivity index (χ0n) is 15.9. The molecule has 29 heavy (non-hydrogen) atoms. The monoisotopic (exact) mass is 431 g/mol. The highest BCUT2D eigenvalue weighted by molar-refractivity contribution is 7.15. The molecule has 0 fully saturated rings. The van der Waals surface area contributed by atoms with E-state index in [1.807, 2.05) is 18.2 Å². The van der Waals surface area contributed by atoms with Gasteiger partial charge in [-0.05, 0) is 35.9 Å². The molecule has 1 heterocycles. The maximum Gasteiger partial charge on any atom is 0.286 e. The molecule has 0 spiro atoms. The number of hydrogen-bond acceptors (Lipinski definition) is 7. The lowest BCUT2D eigenvalue weighted by Crippen LogP contribution is -2.11. The molecule has 3 aromatic rings. The van der Waals surface area contributed by atoms with Crippen LogP contribution in [0.25, 0.3) is 11.1 Å². The van der Waals surface area contributed by atoms with Crippen LogP contribution < -0.4 is 19.5 Å². The van der Waals surface area contributed by atoms with Crippen molar-refractivity contribution in [1.82, 2.24) is 10.2 Å². The molecule has 150 valence electrons. The first-order valence-electron chi connectivity index (χ1n) is 8.43. The summed E-state index contributed by atoms with van der Waals surface area (Å²) in [6.07, 6.45) is 1.69. The van der Waals surface area contributed by atoms with E-state index in [0.29, 0.717) is 33.0 Å². The summed E-state index contributed by atoms with van der Waals surface area (Å²) in [5, 5.41) is 11.7. The summed E-state index contributed by atoms with van der Waals surface area (Å²) >= 11 is 7.50. The van der Waals surface area contributed by atoms with Gasteiger partial charge in [0, 0.05) is 5.69 Å². The Labute approximate surface area is 176 Å². The molecule has 0 aliphatic rings. The summed E-state index contributed by atoms with van der Waals surface area (Å²) in [4.78, 5) is 12.3. The molecular formula is C20H18ClN3O4S. The third kappa shape index (κ3) is 4.85. The van der Waals surface area contributed by atoms with E-state index in [1.54, 1.807) is 30.3 Å². The van der Waals surface area contributed by atoms with Gasteiger partial charge in [0.2, 0.25) is 10.8 Å². The van der Waals surface area contributed by atoms with Gasteiger partial charge in [-0.1, -0.05) is 41.1 Å². The first-order valence-corrected chi connectivity index (χ1v) is 9.62. The molecule has 1 aromatic heterocycles. The Morgan fingerprint density at radius 2 is 1.62 bits per heavy atom. The second kappa shape index (κ2) is 9.40. The van der Waals surface area contributed by atoms with Crippen LogP contribution in [-0.2, 0) is 0 Å². The number of methoxy groups -OCH3 is 3. The molecule has 1 N–H and O–H groups in total. The molecule has 0 radical (unpaired) electrons. The number of amides is 1. The lowest BCUT2D eigenvalue weighted by molar-refractivity contribution is 0.102. The molecule has 1 amide bonds. The summed E-state index contributed by atoms with van der Waals surface area (Å²) in [6.45, 7) is 0. The van der Waals surface area contributed by atoms with Gasteiger partial charge in [0.1, 0.15) is 0 Å². The van der Waals surface area contributed by atoms with Crippen LogP contribution in [0, 0.1) is 0 Å². The van der Waals surface area contributed by atoms with E-state index in [9.17, 15) is 4.79 Å². The number of para-hydroxylation sites is 1. The Morgan fingerprint density at radius 3 is 2.21 bits per heavy atom. The van der Waals surface area contributed by atoms with Crippen LogP contribution in [0.1, 0.15) is 20.4 Å². The molecular weight excluding hydrogens is 414 g/mol. The topological polar surface area (TPSA) is 82.6 Å². The third-order valence-corrected chi connectivity index (χ3v) is 5.19. The fourth-order valence-corrected chi connectivity index (χ4v) is 3.44. The van der Waals surface area contributed by atoms with E-state index in [0.717, 1.165) is 16.9 Å². The summed E-state index contributed by atoms with van der Waals surface area (Å²) < 4.78 is 16.0. The minimum Gasteiger partial charge on any atom is -0.493 e. The van der Waals surface area contributed by atoms with Crippen molar-refractivity contribution < 1.29 is 19.0 Å². The zero-order valence-corrected chi connectivity index (χ0v) is 17.5. The molecule has 2 aromatic carbocycles. The Morgan fingerprint density at radius 1 is 1.00 bits per heavy atom. The Hall–Kier alpha value is -3.10. The number of ether oxygens (including phenoxy) is 3. The van der Waals surface area contributed by atoms with Crippen molar-refractivity contribution >= 4 is 45.6 Å². The van der Waals surface area contributed by atoms with E-state index in [-0.39, 0.29) is 10.9 Å². The standard InChI is InChI=1S/C20H18ClN3O4S/c1-26-15-10-12(11-16(27-2)17(15)28-3)9-14(21)19-23-24-20(29-19)18(25)22-13-7-5-4-6-8-13/h4-11H,1-3H3,(H,22,25)/b14-9-. The number of nitrogens with zero attached hydrogens (tertiary/aromatic N) is 2. The summed E-state index contributed by atoms with van der Waals surface area (Å²) in [6, 6.07) is 12.6. The molecule has 7 nitrogen and oxygen atoms in total. The molecule has 0 aliphatic carbocycles. The van der Waals surface area contributed by atoms with E-state index in [4.69, 9.17) is 25.8 Å². The molecule has 0 saturated heterocycles. The highest BCUT2D eigenvalue weighted by Crippen LogP contribution is 2.39. The maximum absolute atomic E-state index is 12.3. The number of halogens is 1. The lowest BCUT2D eigenvalue weighted by atomic mass is 10.1. The van der Waals surface area contributed by atoms with Crippen LogP contribution in [0.15, 0.2) is 42.5 Å². The number of aromatic nitrogens is 2. The molecule has 0 bridgehead atoms. The molecule has 0 atom stereocenters. The van der Waals surface area contributed by atoms with Gasteiger partial charge in [-0.2, -0.15) is 0 Å². The third-order valence-electron chi connectivity index (χ3n) is 3.84. The van der Waals surface area contributed by atoms with Crippen LogP contribution in [0.5, 0.6) is 17.2 Å². The van der Waals surface area contributed by atoms with Crippen LogP contribution >= 0.6 is 22.9 Å². The largest absolute Gasteiger partial charge is 0.493 e. The molecule has 0 saturated carbocycles. The van der Waals surface area contributed by atoms with Gasteiger partial charge in [-0.15, -0.1) is 10.2 Å². The fraction of sp³-hybridized carbons (Fsp3) is 0.150. The quantitative estimate of drug-likeness (QED) is 0.590. The number of carbonyl (C=O) groups is 1. The smallest absolute Gasteiger partial charge is 0.286 e.